The molecule has 12 heavy (non-hydrogen) atoms. The van der Waals surface area contributed by atoms with Crippen molar-refractivity contribution in [2.75, 3.05) is 0 Å². The lowest BCUT2D eigenvalue weighted by atomic mass is 10.2. The van der Waals surface area contributed by atoms with Crippen molar-refractivity contribution < 1.29 is 0 Å². The van der Waals surface area contributed by atoms with E-state index >= 15 is 0 Å². The maximum Gasteiger partial charge on any atom is 0.0406 e. The number of hydrogen-bond acceptors (Lipinski definition) is 0. The average molecular weight is 179 g/mol. The van der Waals surface area contributed by atoms with E-state index in [0.717, 1.165) is 11.4 Å². The van der Waals surface area contributed by atoms with Crippen LogP contribution in [0.4, 0.5) is 0 Å². The summed E-state index contributed by atoms with van der Waals surface area (Å²) in [6, 6.07) is 7.74. The quantitative estimate of drug-likeness (QED) is 0.616. The van der Waals surface area contributed by atoms with Gasteiger partial charge in [0.1, 0.15) is 0 Å². The van der Waals surface area contributed by atoms with Gasteiger partial charge in [0.2, 0.25) is 0 Å². The standard InChI is InChI=1S/C11H11Cl/c1-2-3-4-5-10-6-8-11(12)9-7-10/h2,4-9H,1,3H2/b5-4+. The molecule has 1 rings (SSSR count). The Morgan fingerprint density at radius 2 is 1.92 bits per heavy atom. The van der Waals surface area contributed by atoms with E-state index < -0.39 is 0 Å². The molecule has 0 radical (unpaired) electrons. The number of benzene rings is 1. The number of allylic oxidation sites excluding steroid dienone is 2. The largest absolute Gasteiger partial charge is 0.103 e. The van der Waals surface area contributed by atoms with Crippen molar-refractivity contribution >= 4 is 17.7 Å². The molecule has 1 aromatic rings. The summed E-state index contributed by atoms with van der Waals surface area (Å²) >= 11 is 5.73. The van der Waals surface area contributed by atoms with Gasteiger partial charge in [-0.3, -0.25) is 0 Å². The summed E-state index contributed by atoms with van der Waals surface area (Å²) in [5.41, 5.74) is 1.17. The maximum absolute atomic E-state index is 5.73. The first-order valence-corrected chi connectivity index (χ1v) is 4.24. The monoisotopic (exact) mass is 178 g/mol. The Bertz CT molecular complexity index is 270. The minimum atomic E-state index is 0.774. The van der Waals surface area contributed by atoms with E-state index in [1.807, 2.05) is 30.3 Å². The molecule has 0 saturated heterocycles. The molecule has 0 atom stereocenters. The number of halogens is 1. The number of rotatable bonds is 3. The molecule has 0 unspecified atom stereocenters. The molecule has 1 heteroatoms. The summed E-state index contributed by atoms with van der Waals surface area (Å²) in [5, 5.41) is 0.774. The van der Waals surface area contributed by atoms with Crippen LogP contribution in [-0.4, -0.2) is 0 Å². The maximum atomic E-state index is 5.73. The minimum Gasteiger partial charge on any atom is -0.103 e. The molecule has 0 heterocycles. The first-order valence-electron chi connectivity index (χ1n) is 3.86. The molecule has 0 aliphatic rings. The van der Waals surface area contributed by atoms with Gasteiger partial charge in [-0.1, -0.05) is 42.0 Å². The van der Waals surface area contributed by atoms with Crippen molar-refractivity contribution in [1.29, 1.82) is 0 Å². The minimum absolute atomic E-state index is 0.774. The van der Waals surface area contributed by atoms with Crippen LogP contribution in [0.25, 0.3) is 6.08 Å². The highest BCUT2D eigenvalue weighted by molar-refractivity contribution is 6.30. The summed E-state index contributed by atoms with van der Waals surface area (Å²) in [6.07, 6.45) is 6.89. The van der Waals surface area contributed by atoms with E-state index in [9.17, 15) is 0 Å². The average Bonchev–Trinajstić information content (AvgIpc) is 2.09. The van der Waals surface area contributed by atoms with E-state index in [1.165, 1.54) is 5.56 Å². The zero-order chi connectivity index (χ0) is 8.81. The molecule has 0 saturated carbocycles. The molecular formula is C11H11Cl. The normalized spacial score (nSPS) is 10.4. The topological polar surface area (TPSA) is 0 Å². The van der Waals surface area contributed by atoms with E-state index in [4.69, 9.17) is 11.6 Å². The van der Waals surface area contributed by atoms with Crippen LogP contribution in [-0.2, 0) is 0 Å². The zero-order valence-electron chi connectivity index (χ0n) is 6.83. The summed E-state index contributed by atoms with van der Waals surface area (Å²) in [6.45, 7) is 3.63. The van der Waals surface area contributed by atoms with Gasteiger partial charge < -0.3 is 0 Å². The van der Waals surface area contributed by atoms with Crippen molar-refractivity contribution in [3.05, 3.63) is 53.6 Å². The Hall–Kier alpha value is -1.01. The molecule has 0 spiro atoms. The molecule has 0 N–H and O–H groups in total. The molecule has 0 amide bonds. The highest BCUT2D eigenvalue weighted by Crippen LogP contribution is 2.10. The van der Waals surface area contributed by atoms with Crippen molar-refractivity contribution in [3.63, 3.8) is 0 Å². The van der Waals surface area contributed by atoms with Crippen LogP contribution in [0.1, 0.15) is 12.0 Å². The lowest BCUT2D eigenvalue weighted by Gasteiger charge is -1.92. The van der Waals surface area contributed by atoms with Gasteiger partial charge in [0.25, 0.3) is 0 Å². The van der Waals surface area contributed by atoms with Crippen LogP contribution in [0.2, 0.25) is 5.02 Å². The predicted octanol–water partition coefficient (Wildman–Crippen LogP) is 3.93. The van der Waals surface area contributed by atoms with E-state index in [1.54, 1.807) is 0 Å². The van der Waals surface area contributed by atoms with Crippen LogP contribution >= 0.6 is 11.6 Å². The first kappa shape index (κ1) is 9.08. The number of hydrogen-bond donors (Lipinski definition) is 0. The first-order chi connectivity index (χ1) is 5.83. The summed E-state index contributed by atoms with van der Waals surface area (Å²) in [4.78, 5) is 0. The second kappa shape index (κ2) is 4.78. The molecule has 0 aliphatic carbocycles. The summed E-state index contributed by atoms with van der Waals surface area (Å²) in [5.74, 6) is 0. The predicted molar refractivity (Wildman–Crippen MR) is 55.3 cm³/mol. The SMILES string of the molecule is C=CC/C=C/c1ccc(Cl)cc1. The molecule has 1 aromatic carbocycles. The lowest BCUT2D eigenvalue weighted by Crippen LogP contribution is -1.69. The second-order valence-electron chi connectivity index (χ2n) is 2.48. The van der Waals surface area contributed by atoms with E-state index in [-0.39, 0.29) is 0 Å². The lowest BCUT2D eigenvalue weighted by molar-refractivity contribution is 1.42. The van der Waals surface area contributed by atoms with Gasteiger partial charge in [-0.25, -0.2) is 0 Å². The van der Waals surface area contributed by atoms with Gasteiger partial charge in [-0.2, -0.15) is 0 Å². The van der Waals surface area contributed by atoms with Gasteiger partial charge in [0.05, 0.1) is 0 Å². The second-order valence-corrected chi connectivity index (χ2v) is 2.91. The van der Waals surface area contributed by atoms with E-state index in [2.05, 4.69) is 18.7 Å². The fourth-order valence-corrected chi connectivity index (χ4v) is 1.00. The highest BCUT2D eigenvalue weighted by atomic mass is 35.5. The summed E-state index contributed by atoms with van der Waals surface area (Å²) in [7, 11) is 0. The molecule has 0 bridgehead atoms. The molecule has 0 fully saturated rings. The fourth-order valence-electron chi connectivity index (χ4n) is 0.874. The Kier molecular flexibility index (Phi) is 3.62. The van der Waals surface area contributed by atoms with Crippen LogP contribution in [0, 0.1) is 0 Å². The Morgan fingerprint density at radius 1 is 1.25 bits per heavy atom. The fraction of sp³-hybridized carbons (Fsp3) is 0.0909. The van der Waals surface area contributed by atoms with Crippen molar-refractivity contribution in [1.82, 2.24) is 0 Å². The van der Waals surface area contributed by atoms with Crippen LogP contribution in [0.15, 0.2) is 43.0 Å². The Morgan fingerprint density at radius 3 is 2.50 bits per heavy atom. The van der Waals surface area contributed by atoms with Gasteiger partial charge in [0.15, 0.2) is 0 Å². The Labute approximate surface area is 78.2 Å². The third-order valence-corrected chi connectivity index (χ3v) is 1.74. The van der Waals surface area contributed by atoms with Crippen LogP contribution < -0.4 is 0 Å². The molecule has 0 nitrogen and oxygen atoms in total. The molecular weight excluding hydrogens is 168 g/mol. The van der Waals surface area contributed by atoms with Crippen LogP contribution in [0.3, 0.4) is 0 Å². The highest BCUT2D eigenvalue weighted by Gasteiger charge is 1.85. The molecule has 62 valence electrons. The third-order valence-electron chi connectivity index (χ3n) is 1.48. The van der Waals surface area contributed by atoms with Crippen LogP contribution in [0.5, 0.6) is 0 Å². The zero-order valence-corrected chi connectivity index (χ0v) is 7.59. The van der Waals surface area contributed by atoms with Gasteiger partial charge in [-0.05, 0) is 24.1 Å². The van der Waals surface area contributed by atoms with Gasteiger partial charge in [0, 0.05) is 5.02 Å². The van der Waals surface area contributed by atoms with Crippen molar-refractivity contribution in [2.24, 2.45) is 0 Å². The van der Waals surface area contributed by atoms with Crippen molar-refractivity contribution in [3.8, 4) is 0 Å². The van der Waals surface area contributed by atoms with E-state index in [0.29, 0.717) is 0 Å². The summed E-state index contributed by atoms with van der Waals surface area (Å²) < 4.78 is 0. The third kappa shape index (κ3) is 2.93. The molecule has 0 aliphatic heterocycles. The molecule has 0 aromatic heterocycles. The smallest absolute Gasteiger partial charge is 0.0406 e. The Balaban J connectivity index is 2.64. The van der Waals surface area contributed by atoms with Gasteiger partial charge in [-0.15, -0.1) is 6.58 Å². The van der Waals surface area contributed by atoms with Gasteiger partial charge >= 0.3 is 0 Å². The van der Waals surface area contributed by atoms with Crippen molar-refractivity contribution in [2.45, 2.75) is 6.42 Å².